The highest BCUT2D eigenvalue weighted by molar-refractivity contribution is 6.00. The third kappa shape index (κ3) is 4.25. The summed E-state index contributed by atoms with van der Waals surface area (Å²) >= 11 is 0. The predicted octanol–water partition coefficient (Wildman–Crippen LogP) is 1.90. The van der Waals surface area contributed by atoms with Crippen molar-refractivity contribution in [2.45, 2.75) is 20.3 Å². The lowest BCUT2D eigenvalue weighted by Gasteiger charge is -2.31. The Labute approximate surface area is 128 Å². The zero-order valence-corrected chi connectivity index (χ0v) is 12.6. The third-order valence-corrected chi connectivity index (χ3v) is 3.26. The summed E-state index contributed by atoms with van der Waals surface area (Å²) < 4.78 is 10.3. The highest BCUT2D eigenvalue weighted by atomic mass is 16.5. The first-order valence-corrected chi connectivity index (χ1v) is 6.93. The molecule has 0 aromatic carbocycles. The molecule has 0 unspecified atom stereocenters. The van der Waals surface area contributed by atoms with Crippen molar-refractivity contribution in [2.24, 2.45) is 10.4 Å². The minimum Gasteiger partial charge on any atom is -0.465 e. The fourth-order valence-electron chi connectivity index (χ4n) is 2.14. The van der Waals surface area contributed by atoms with Crippen LogP contribution >= 0.6 is 0 Å². The fourth-order valence-corrected chi connectivity index (χ4v) is 2.14. The summed E-state index contributed by atoms with van der Waals surface area (Å²) in [5.41, 5.74) is 0.899. The maximum Gasteiger partial charge on any atom is 0.302 e. The van der Waals surface area contributed by atoms with Crippen LogP contribution in [0.3, 0.4) is 0 Å². The molecule has 22 heavy (non-hydrogen) atoms. The summed E-state index contributed by atoms with van der Waals surface area (Å²) in [6.07, 6.45) is 5.61. The molecule has 2 heterocycles. The molecule has 116 valence electrons. The first kappa shape index (κ1) is 15.9. The van der Waals surface area contributed by atoms with Crippen molar-refractivity contribution < 1.29 is 19.1 Å². The van der Waals surface area contributed by atoms with Crippen LogP contribution in [0, 0.1) is 5.41 Å². The molecule has 2 rings (SSSR count). The van der Waals surface area contributed by atoms with Crippen molar-refractivity contribution in [1.29, 1.82) is 0 Å². The van der Waals surface area contributed by atoms with Gasteiger partial charge in [0, 0.05) is 32.7 Å². The van der Waals surface area contributed by atoms with E-state index in [4.69, 9.17) is 9.47 Å². The van der Waals surface area contributed by atoms with Gasteiger partial charge < -0.3 is 9.47 Å². The molecule has 1 aliphatic heterocycles. The highest BCUT2D eigenvalue weighted by Gasteiger charge is 2.34. The number of aromatic nitrogens is 1. The Morgan fingerprint density at radius 2 is 1.86 bits per heavy atom. The van der Waals surface area contributed by atoms with E-state index in [2.05, 4.69) is 9.98 Å². The summed E-state index contributed by atoms with van der Waals surface area (Å²) in [6.45, 7) is 2.94. The van der Waals surface area contributed by atoms with E-state index in [1.807, 2.05) is 24.3 Å². The monoisotopic (exact) mass is 302 g/mol. The van der Waals surface area contributed by atoms with Crippen LogP contribution in [0.15, 0.2) is 41.7 Å². The third-order valence-electron chi connectivity index (χ3n) is 3.26. The summed E-state index contributed by atoms with van der Waals surface area (Å²) in [5.74, 6) is -0.755. The molecule has 1 aliphatic rings. The minimum absolute atomic E-state index is 0.123. The largest absolute Gasteiger partial charge is 0.465 e. The van der Waals surface area contributed by atoms with E-state index < -0.39 is 5.41 Å². The second-order valence-electron chi connectivity index (χ2n) is 5.21. The smallest absolute Gasteiger partial charge is 0.302 e. The number of nitrogens with zero attached hydrogens (tertiary/aromatic N) is 2. The van der Waals surface area contributed by atoms with Gasteiger partial charge in [-0.25, -0.2) is 0 Å². The molecule has 0 spiro atoms. The molecule has 0 bridgehead atoms. The Morgan fingerprint density at radius 3 is 2.41 bits per heavy atom. The lowest BCUT2D eigenvalue weighted by Crippen LogP contribution is -2.36. The number of ether oxygens (including phenoxy) is 2. The normalized spacial score (nSPS) is 15.8. The quantitative estimate of drug-likeness (QED) is 0.776. The van der Waals surface area contributed by atoms with E-state index in [1.54, 1.807) is 12.4 Å². The van der Waals surface area contributed by atoms with E-state index in [0.717, 1.165) is 11.4 Å². The van der Waals surface area contributed by atoms with Crippen molar-refractivity contribution >= 4 is 17.7 Å². The molecule has 0 saturated carbocycles. The summed E-state index contributed by atoms with van der Waals surface area (Å²) in [5, 5.41) is 0. The number of rotatable bonds is 5. The lowest BCUT2D eigenvalue weighted by molar-refractivity contribution is -0.148. The van der Waals surface area contributed by atoms with Gasteiger partial charge in [-0.2, -0.15) is 0 Å². The van der Waals surface area contributed by atoms with Crippen molar-refractivity contribution in [3.63, 3.8) is 0 Å². The van der Waals surface area contributed by atoms with Gasteiger partial charge >= 0.3 is 11.9 Å². The van der Waals surface area contributed by atoms with Crippen LogP contribution in [-0.2, 0) is 19.1 Å². The molecule has 0 aliphatic carbocycles. The van der Waals surface area contributed by atoms with Crippen molar-refractivity contribution in [2.75, 3.05) is 13.2 Å². The zero-order valence-electron chi connectivity index (χ0n) is 12.6. The van der Waals surface area contributed by atoms with Gasteiger partial charge in [0.05, 0.1) is 16.8 Å². The number of carbonyl (C=O) groups excluding carboxylic acids is 2. The molecule has 1 aromatic heterocycles. The van der Waals surface area contributed by atoms with E-state index in [-0.39, 0.29) is 25.2 Å². The Morgan fingerprint density at radius 1 is 1.18 bits per heavy atom. The predicted molar refractivity (Wildman–Crippen MR) is 80.2 cm³/mol. The van der Waals surface area contributed by atoms with Crippen molar-refractivity contribution in [3.8, 4) is 0 Å². The van der Waals surface area contributed by atoms with Gasteiger partial charge in [0.25, 0.3) is 0 Å². The number of aliphatic imine (C=N–C) groups is 1. The Kier molecular flexibility index (Phi) is 5.04. The molecule has 0 amide bonds. The van der Waals surface area contributed by atoms with Crippen LogP contribution < -0.4 is 0 Å². The number of pyridine rings is 1. The molecule has 0 atom stereocenters. The SMILES string of the molecule is CC(=O)OCC1(COC(C)=O)C=CN=C(c2ccccn2)C1. The number of hydrogen-bond donors (Lipinski definition) is 0. The van der Waals surface area contributed by atoms with Gasteiger partial charge in [-0.05, 0) is 12.1 Å². The average molecular weight is 302 g/mol. The van der Waals surface area contributed by atoms with Crippen molar-refractivity contribution in [1.82, 2.24) is 4.98 Å². The molecule has 0 saturated heterocycles. The molecular weight excluding hydrogens is 284 g/mol. The maximum atomic E-state index is 11.1. The van der Waals surface area contributed by atoms with Crippen LogP contribution in [0.25, 0.3) is 0 Å². The van der Waals surface area contributed by atoms with Gasteiger partial charge in [0.1, 0.15) is 13.2 Å². The van der Waals surface area contributed by atoms with Crippen LogP contribution in [-0.4, -0.2) is 35.8 Å². The van der Waals surface area contributed by atoms with Gasteiger partial charge in [-0.1, -0.05) is 12.1 Å². The van der Waals surface area contributed by atoms with Crippen LogP contribution in [0.5, 0.6) is 0 Å². The van der Waals surface area contributed by atoms with Gasteiger partial charge in [0.2, 0.25) is 0 Å². The minimum atomic E-state index is -0.619. The zero-order chi connectivity index (χ0) is 16.0. The van der Waals surface area contributed by atoms with Crippen LogP contribution in [0.2, 0.25) is 0 Å². The number of esters is 2. The Bertz CT molecular complexity index is 590. The lowest BCUT2D eigenvalue weighted by atomic mass is 9.82. The molecule has 0 fully saturated rings. The average Bonchev–Trinajstić information content (AvgIpc) is 2.52. The fraction of sp³-hybridized carbons (Fsp3) is 0.375. The summed E-state index contributed by atoms with van der Waals surface area (Å²) in [6, 6.07) is 5.57. The maximum absolute atomic E-state index is 11.1. The molecule has 1 aromatic rings. The van der Waals surface area contributed by atoms with Gasteiger partial charge in [0.15, 0.2) is 0 Å². The van der Waals surface area contributed by atoms with Gasteiger partial charge in [-0.15, -0.1) is 0 Å². The number of hydrogen-bond acceptors (Lipinski definition) is 6. The van der Waals surface area contributed by atoms with E-state index >= 15 is 0 Å². The summed E-state index contributed by atoms with van der Waals surface area (Å²) in [4.78, 5) is 30.9. The van der Waals surface area contributed by atoms with E-state index in [0.29, 0.717) is 6.42 Å². The van der Waals surface area contributed by atoms with E-state index in [9.17, 15) is 9.59 Å². The molecule has 0 N–H and O–H groups in total. The first-order valence-electron chi connectivity index (χ1n) is 6.93. The van der Waals surface area contributed by atoms with Crippen molar-refractivity contribution in [3.05, 3.63) is 42.4 Å². The highest BCUT2D eigenvalue weighted by Crippen LogP contribution is 2.31. The molecule has 0 radical (unpaired) electrons. The van der Waals surface area contributed by atoms with Crippen LogP contribution in [0.1, 0.15) is 26.0 Å². The molecular formula is C16H18N2O4. The Balaban J connectivity index is 2.19. The Hall–Kier alpha value is -2.50. The van der Waals surface area contributed by atoms with Crippen LogP contribution in [0.4, 0.5) is 0 Å². The summed E-state index contributed by atoms with van der Waals surface area (Å²) in [7, 11) is 0. The second kappa shape index (κ2) is 6.98. The molecule has 6 nitrogen and oxygen atoms in total. The topological polar surface area (TPSA) is 77.9 Å². The number of carbonyl (C=O) groups is 2. The molecule has 6 heteroatoms. The standard InChI is InChI=1S/C16H18N2O4/c1-12(19)21-10-16(11-22-13(2)20)6-8-18-15(9-16)14-5-3-4-7-17-14/h3-8H,9-11H2,1-2H3. The first-order chi connectivity index (χ1) is 10.5. The van der Waals surface area contributed by atoms with Gasteiger partial charge in [-0.3, -0.25) is 19.6 Å². The second-order valence-corrected chi connectivity index (χ2v) is 5.21. The van der Waals surface area contributed by atoms with E-state index in [1.165, 1.54) is 13.8 Å².